The van der Waals surface area contributed by atoms with E-state index in [-0.39, 0.29) is 0 Å². The summed E-state index contributed by atoms with van der Waals surface area (Å²) >= 11 is 0. The van der Waals surface area contributed by atoms with E-state index in [9.17, 15) is 0 Å². The largest absolute Gasteiger partial charge is 0.382 e. The Morgan fingerprint density at radius 3 is 2.37 bits per heavy atom. The highest BCUT2D eigenvalue weighted by Gasteiger charge is 2.14. The first-order valence-corrected chi connectivity index (χ1v) is 8.08. The van der Waals surface area contributed by atoms with E-state index in [0.717, 1.165) is 25.5 Å². The molecule has 0 bridgehead atoms. The molecule has 0 saturated carbocycles. The molecular weight excluding hydrogens is 238 g/mol. The van der Waals surface area contributed by atoms with Crippen LogP contribution in [0.3, 0.4) is 0 Å². The zero-order valence-electron chi connectivity index (χ0n) is 13.5. The van der Waals surface area contributed by atoms with Crippen LogP contribution in [0.1, 0.15) is 59.3 Å². The number of nitrogens with one attached hydrogen (secondary N) is 1. The Bertz CT molecular complexity index is 176. The van der Waals surface area contributed by atoms with Crippen LogP contribution in [0.4, 0.5) is 0 Å². The van der Waals surface area contributed by atoms with Crippen molar-refractivity contribution in [1.82, 2.24) is 5.32 Å². The fourth-order valence-corrected chi connectivity index (χ4v) is 2.45. The molecule has 19 heavy (non-hydrogen) atoms. The van der Waals surface area contributed by atoms with Gasteiger partial charge in [-0.25, -0.2) is 0 Å². The molecule has 0 radical (unpaired) electrons. The predicted molar refractivity (Wildman–Crippen MR) is 82.7 cm³/mol. The second kappa shape index (κ2) is 14.3. The number of methoxy groups -OCH3 is 1. The molecule has 0 spiro atoms. The minimum atomic E-state index is 0.606. The van der Waals surface area contributed by atoms with Crippen molar-refractivity contribution in [3.63, 3.8) is 0 Å². The number of hydrogen-bond donors (Lipinski definition) is 1. The molecule has 116 valence electrons. The van der Waals surface area contributed by atoms with Gasteiger partial charge in [-0.15, -0.1) is 0 Å². The van der Waals surface area contributed by atoms with Crippen molar-refractivity contribution in [3.05, 3.63) is 0 Å². The second-order valence-electron chi connectivity index (χ2n) is 5.30. The molecule has 3 nitrogen and oxygen atoms in total. The molecule has 0 aromatic rings. The highest BCUT2D eigenvalue weighted by molar-refractivity contribution is 4.71. The van der Waals surface area contributed by atoms with Gasteiger partial charge in [-0.1, -0.05) is 46.5 Å². The SMILES string of the molecule is CCCCC(CC)CC(CCOCCOC)NCC. The van der Waals surface area contributed by atoms with Gasteiger partial charge >= 0.3 is 0 Å². The van der Waals surface area contributed by atoms with Crippen molar-refractivity contribution in [2.24, 2.45) is 5.92 Å². The Kier molecular flexibility index (Phi) is 14.2. The van der Waals surface area contributed by atoms with Crippen LogP contribution < -0.4 is 5.32 Å². The summed E-state index contributed by atoms with van der Waals surface area (Å²) in [6.07, 6.45) is 7.74. The molecule has 3 heteroatoms. The second-order valence-corrected chi connectivity index (χ2v) is 5.30. The normalized spacial score (nSPS) is 14.5. The lowest BCUT2D eigenvalue weighted by molar-refractivity contribution is 0.0646. The summed E-state index contributed by atoms with van der Waals surface area (Å²) in [5.74, 6) is 0.864. The van der Waals surface area contributed by atoms with E-state index in [0.29, 0.717) is 19.3 Å². The van der Waals surface area contributed by atoms with Crippen LogP contribution in [0.15, 0.2) is 0 Å². The molecular formula is C16H35NO2. The average Bonchev–Trinajstić information content (AvgIpc) is 2.43. The van der Waals surface area contributed by atoms with Gasteiger partial charge in [0, 0.05) is 19.8 Å². The Balaban J connectivity index is 3.86. The van der Waals surface area contributed by atoms with Gasteiger partial charge in [0.25, 0.3) is 0 Å². The zero-order chi connectivity index (χ0) is 14.3. The van der Waals surface area contributed by atoms with Crippen molar-refractivity contribution in [3.8, 4) is 0 Å². The van der Waals surface area contributed by atoms with Crippen LogP contribution in [-0.2, 0) is 9.47 Å². The number of rotatable bonds is 14. The van der Waals surface area contributed by atoms with Gasteiger partial charge < -0.3 is 14.8 Å². The molecule has 2 atom stereocenters. The smallest absolute Gasteiger partial charge is 0.0700 e. The van der Waals surface area contributed by atoms with Crippen molar-refractivity contribution < 1.29 is 9.47 Å². The maximum Gasteiger partial charge on any atom is 0.0700 e. The van der Waals surface area contributed by atoms with Gasteiger partial charge in [0.05, 0.1) is 13.2 Å². The highest BCUT2D eigenvalue weighted by atomic mass is 16.5. The summed E-state index contributed by atoms with van der Waals surface area (Å²) in [5, 5.41) is 3.60. The maximum atomic E-state index is 5.58. The summed E-state index contributed by atoms with van der Waals surface area (Å²) in [6, 6.07) is 0.606. The lowest BCUT2D eigenvalue weighted by Gasteiger charge is -2.23. The molecule has 0 heterocycles. The molecule has 2 unspecified atom stereocenters. The van der Waals surface area contributed by atoms with E-state index in [1.807, 2.05) is 0 Å². The van der Waals surface area contributed by atoms with Crippen molar-refractivity contribution in [2.75, 3.05) is 33.5 Å². The standard InChI is InChI=1S/C16H35NO2/c1-5-8-9-15(6-2)14-16(17-7-3)10-11-19-13-12-18-4/h15-17H,5-14H2,1-4H3. The van der Waals surface area contributed by atoms with E-state index in [1.165, 1.54) is 32.1 Å². The van der Waals surface area contributed by atoms with Gasteiger partial charge in [-0.05, 0) is 25.3 Å². The van der Waals surface area contributed by atoms with E-state index in [2.05, 4.69) is 26.1 Å². The van der Waals surface area contributed by atoms with Crippen LogP contribution in [0, 0.1) is 5.92 Å². The van der Waals surface area contributed by atoms with Crippen LogP contribution >= 0.6 is 0 Å². The first-order chi connectivity index (χ1) is 9.28. The molecule has 1 N–H and O–H groups in total. The third-order valence-corrected chi connectivity index (χ3v) is 3.70. The van der Waals surface area contributed by atoms with E-state index in [1.54, 1.807) is 7.11 Å². The van der Waals surface area contributed by atoms with E-state index < -0.39 is 0 Å². The summed E-state index contributed by atoms with van der Waals surface area (Å²) in [7, 11) is 1.71. The summed E-state index contributed by atoms with van der Waals surface area (Å²) in [4.78, 5) is 0. The minimum Gasteiger partial charge on any atom is -0.382 e. The third-order valence-electron chi connectivity index (χ3n) is 3.70. The summed E-state index contributed by atoms with van der Waals surface area (Å²) in [6.45, 7) is 10.1. The molecule has 0 aliphatic carbocycles. The average molecular weight is 273 g/mol. The number of ether oxygens (including phenoxy) is 2. The van der Waals surface area contributed by atoms with Crippen molar-refractivity contribution in [1.29, 1.82) is 0 Å². The number of unbranched alkanes of at least 4 members (excludes halogenated alkanes) is 1. The van der Waals surface area contributed by atoms with Crippen LogP contribution in [-0.4, -0.2) is 39.5 Å². The van der Waals surface area contributed by atoms with Gasteiger partial charge in [-0.2, -0.15) is 0 Å². The van der Waals surface area contributed by atoms with Crippen LogP contribution in [0.2, 0.25) is 0 Å². The molecule has 0 amide bonds. The molecule has 0 aromatic heterocycles. The Labute approximate surface area is 120 Å². The zero-order valence-corrected chi connectivity index (χ0v) is 13.5. The molecule has 0 aliphatic heterocycles. The lowest BCUT2D eigenvalue weighted by Crippen LogP contribution is -2.32. The van der Waals surface area contributed by atoms with Gasteiger partial charge in [-0.3, -0.25) is 0 Å². The summed E-state index contributed by atoms with van der Waals surface area (Å²) < 4.78 is 10.6. The Morgan fingerprint density at radius 1 is 1.00 bits per heavy atom. The molecule has 0 aromatic carbocycles. The monoisotopic (exact) mass is 273 g/mol. The van der Waals surface area contributed by atoms with E-state index >= 15 is 0 Å². The van der Waals surface area contributed by atoms with Crippen molar-refractivity contribution in [2.45, 2.75) is 65.3 Å². The van der Waals surface area contributed by atoms with Crippen LogP contribution in [0.25, 0.3) is 0 Å². The minimum absolute atomic E-state index is 0.606. The fraction of sp³-hybridized carbons (Fsp3) is 1.00. The molecule has 0 fully saturated rings. The fourth-order valence-electron chi connectivity index (χ4n) is 2.45. The van der Waals surface area contributed by atoms with E-state index in [4.69, 9.17) is 9.47 Å². The molecule has 0 saturated heterocycles. The maximum absolute atomic E-state index is 5.58. The van der Waals surface area contributed by atoms with Crippen molar-refractivity contribution >= 4 is 0 Å². The van der Waals surface area contributed by atoms with Crippen LogP contribution in [0.5, 0.6) is 0 Å². The molecule has 0 aliphatic rings. The quantitative estimate of drug-likeness (QED) is 0.490. The third kappa shape index (κ3) is 11.4. The summed E-state index contributed by atoms with van der Waals surface area (Å²) in [5.41, 5.74) is 0. The first-order valence-electron chi connectivity index (χ1n) is 8.08. The Morgan fingerprint density at radius 2 is 1.79 bits per heavy atom. The lowest BCUT2D eigenvalue weighted by atomic mass is 9.91. The Hall–Kier alpha value is -0.120. The van der Waals surface area contributed by atoms with Gasteiger partial charge in [0.15, 0.2) is 0 Å². The van der Waals surface area contributed by atoms with Gasteiger partial charge in [0.2, 0.25) is 0 Å². The van der Waals surface area contributed by atoms with Gasteiger partial charge in [0.1, 0.15) is 0 Å². The molecule has 0 rings (SSSR count). The first kappa shape index (κ1) is 18.9. The predicted octanol–water partition coefficient (Wildman–Crippen LogP) is 3.62. The topological polar surface area (TPSA) is 30.5 Å². The highest BCUT2D eigenvalue weighted by Crippen LogP contribution is 2.19. The number of hydrogen-bond acceptors (Lipinski definition) is 3.